The molecule has 19 heavy (non-hydrogen) atoms. The average Bonchev–Trinajstić information content (AvgIpc) is 2.65. The highest BCUT2D eigenvalue weighted by Gasteiger charge is 2.41. The van der Waals surface area contributed by atoms with Crippen LogP contribution in [0.25, 0.3) is 0 Å². The summed E-state index contributed by atoms with van der Waals surface area (Å²) in [6, 6.07) is 0. The Morgan fingerprint density at radius 3 is 2.53 bits per heavy atom. The van der Waals surface area contributed by atoms with Crippen LogP contribution < -0.4 is 0 Å². The molecule has 8 heteroatoms. The summed E-state index contributed by atoms with van der Waals surface area (Å²) >= 11 is 0. The largest absolute Gasteiger partial charge is 0.569 e. The fourth-order valence-electron chi connectivity index (χ4n) is 1.67. The standard InChI is InChI=1S/C11H20FN3O4/c1-11(2,3)14(4)15(18)13-19-9-6-7(10(16)17)5-8(9)12/h7-9H,5-6H2,1-4H3,(H,16,17)/b15-13-. The highest BCUT2D eigenvalue weighted by atomic mass is 19.1. The Bertz CT molecular complexity index is 369. The van der Waals surface area contributed by atoms with Crippen LogP contribution >= 0.6 is 0 Å². The van der Waals surface area contributed by atoms with Gasteiger partial charge in [0.2, 0.25) is 5.28 Å². The van der Waals surface area contributed by atoms with Gasteiger partial charge < -0.3 is 15.2 Å². The number of nitrogens with zero attached hydrogens (tertiary/aromatic N) is 3. The van der Waals surface area contributed by atoms with Crippen molar-refractivity contribution in [3.8, 4) is 0 Å². The molecular formula is C11H20FN3O4. The Hall–Kier alpha value is -1.60. The molecule has 0 radical (unpaired) electrons. The molecule has 1 rings (SSSR count). The molecule has 3 unspecified atom stereocenters. The zero-order valence-corrected chi connectivity index (χ0v) is 11.5. The Morgan fingerprint density at radius 1 is 1.53 bits per heavy atom. The summed E-state index contributed by atoms with van der Waals surface area (Å²) in [4.78, 5) is 15.8. The smallest absolute Gasteiger partial charge is 0.306 e. The van der Waals surface area contributed by atoms with Crippen molar-refractivity contribution in [2.24, 2.45) is 11.2 Å². The highest BCUT2D eigenvalue weighted by Crippen LogP contribution is 2.31. The summed E-state index contributed by atoms with van der Waals surface area (Å²) in [5, 5.41) is 24.9. The van der Waals surface area contributed by atoms with Crippen LogP contribution in [0.4, 0.5) is 4.39 Å². The number of hydrazine groups is 1. The molecule has 3 atom stereocenters. The minimum absolute atomic E-state index is 0.0209. The topological polar surface area (TPSA) is 88.2 Å². The van der Waals surface area contributed by atoms with Crippen LogP contribution in [0.5, 0.6) is 0 Å². The van der Waals surface area contributed by atoms with Crippen LogP contribution in [0.1, 0.15) is 33.6 Å². The third-order valence-corrected chi connectivity index (χ3v) is 3.26. The van der Waals surface area contributed by atoms with Crippen molar-refractivity contribution >= 4 is 5.97 Å². The second-order valence-electron chi connectivity index (χ2n) is 5.70. The lowest BCUT2D eigenvalue weighted by Crippen LogP contribution is -2.42. The van der Waals surface area contributed by atoms with E-state index < -0.39 is 29.7 Å². The van der Waals surface area contributed by atoms with Crippen molar-refractivity contribution in [2.45, 2.75) is 51.4 Å². The van der Waals surface area contributed by atoms with E-state index in [0.29, 0.717) is 0 Å². The molecule has 0 aromatic carbocycles. The van der Waals surface area contributed by atoms with Gasteiger partial charge in [0.05, 0.1) is 23.5 Å². The molecule has 0 aliphatic heterocycles. The number of hydrogen-bond acceptors (Lipinski definition) is 4. The predicted molar refractivity (Wildman–Crippen MR) is 63.7 cm³/mol. The zero-order valence-electron chi connectivity index (χ0n) is 11.5. The number of rotatable bonds is 4. The second kappa shape index (κ2) is 5.58. The van der Waals surface area contributed by atoms with Crippen molar-refractivity contribution in [1.29, 1.82) is 0 Å². The minimum Gasteiger partial charge on any atom is -0.569 e. The first-order chi connectivity index (χ1) is 8.62. The molecular weight excluding hydrogens is 257 g/mol. The fraction of sp³-hybridized carbons (Fsp3) is 0.909. The molecule has 1 aliphatic carbocycles. The number of carboxylic acids is 1. The Morgan fingerprint density at radius 2 is 2.11 bits per heavy atom. The summed E-state index contributed by atoms with van der Waals surface area (Å²) in [6.07, 6.45) is -2.49. The predicted octanol–water partition coefficient (Wildman–Crippen LogP) is 1.73. The number of alkyl halides is 1. The Kier molecular flexibility index (Phi) is 4.54. The van der Waals surface area contributed by atoms with Crippen molar-refractivity contribution in [3.63, 3.8) is 0 Å². The maximum absolute atomic E-state index is 13.5. The third-order valence-electron chi connectivity index (χ3n) is 3.26. The van der Waals surface area contributed by atoms with Crippen LogP contribution in [0.2, 0.25) is 0 Å². The zero-order chi connectivity index (χ0) is 14.8. The van der Waals surface area contributed by atoms with E-state index in [9.17, 15) is 14.4 Å². The van der Waals surface area contributed by atoms with Crippen LogP contribution in [0.15, 0.2) is 5.28 Å². The molecule has 0 spiro atoms. The van der Waals surface area contributed by atoms with Crippen LogP contribution in [-0.4, -0.2) is 45.9 Å². The summed E-state index contributed by atoms with van der Waals surface area (Å²) in [5.74, 6) is -1.84. The van der Waals surface area contributed by atoms with Crippen LogP contribution in [-0.2, 0) is 9.63 Å². The third kappa shape index (κ3) is 3.93. The average molecular weight is 277 g/mol. The molecule has 1 aliphatic rings. The molecule has 0 aromatic heterocycles. The second-order valence-corrected chi connectivity index (χ2v) is 5.70. The summed E-state index contributed by atoms with van der Waals surface area (Å²) < 4.78 is 13.5. The van der Waals surface area contributed by atoms with Gasteiger partial charge in [0.15, 0.2) is 6.10 Å². The lowest BCUT2D eigenvalue weighted by atomic mass is 10.1. The first-order valence-corrected chi connectivity index (χ1v) is 6.07. The molecule has 7 nitrogen and oxygen atoms in total. The molecule has 0 aromatic rings. The molecule has 0 amide bonds. The van der Waals surface area contributed by atoms with E-state index in [4.69, 9.17) is 9.94 Å². The molecule has 1 N–H and O–H groups in total. The normalized spacial score (nSPS) is 28.3. The monoisotopic (exact) mass is 277 g/mol. The van der Waals surface area contributed by atoms with E-state index in [1.165, 1.54) is 12.1 Å². The van der Waals surface area contributed by atoms with Gasteiger partial charge in [-0.25, -0.2) is 4.39 Å². The number of halogens is 1. The van der Waals surface area contributed by atoms with Gasteiger partial charge in [-0.05, 0) is 27.2 Å². The van der Waals surface area contributed by atoms with Gasteiger partial charge in [0.1, 0.15) is 6.17 Å². The maximum atomic E-state index is 13.5. The highest BCUT2D eigenvalue weighted by molar-refractivity contribution is 5.70. The van der Waals surface area contributed by atoms with Crippen molar-refractivity contribution in [1.82, 2.24) is 5.01 Å². The summed E-state index contributed by atoms with van der Waals surface area (Å²) in [6.45, 7) is 5.42. The summed E-state index contributed by atoms with van der Waals surface area (Å²) in [7, 11) is 1.53. The van der Waals surface area contributed by atoms with E-state index in [0.717, 1.165) is 0 Å². The number of hydrogen-bond donors (Lipinski definition) is 1. The molecule has 1 saturated carbocycles. The summed E-state index contributed by atoms with van der Waals surface area (Å²) in [5.41, 5.74) is -0.455. The Labute approximate surface area is 111 Å². The fourth-order valence-corrected chi connectivity index (χ4v) is 1.67. The first kappa shape index (κ1) is 15.5. The van der Waals surface area contributed by atoms with Crippen LogP contribution in [0.3, 0.4) is 0 Å². The van der Waals surface area contributed by atoms with E-state index in [-0.39, 0.29) is 17.8 Å². The van der Waals surface area contributed by atoms with Gasteiger partial charge in [0.25, 0.3) is 0 Å². The van der Waals surface area contributed by atoms with E-state index in [1.807, 2.05) is 0 Å². The van der Waals surface area contributed by atoms with E-state index in [2.05, 4.69) is 5.28 Å². The van der Waals surface area contributed by atoms with Gasteiger partial charge in [-0.15, -0.1) is 5.01 Å². The maximum Gasteiger partial charge on any atom is 0.306 e. The molecule has 0 saturated heterocycles. The van der Waals surface area contributed by atoms with Gasteiger partial charge in [-0.1, -0.05) is 0 Å². The van der Waals surface area contributed by atoms with E-state index >= 15 is 0 Å². The van der Waals surface area contributed by atoms with Crippen LogP contribution in [0, 0.1) is 11.1 Å². The van der Waals surface area contributed by atoms with Gasteiger partial charge >= 0.3 is 5.97 Å². The SMILES string of the molecule is CN(/[N+]([O-])=N/OC1CC(C(=O)O)CC1F)C(C)(C)C. The first-order valence-electron chi connectivity index (χ1n) is 6.07. The van der Waals surface area contributed by atoms with Crippen molar-refractivity contribution in [3.05, 3.63) is 5.21 Å². The quantitative estimate of drug-likeness (QED) is 0.480. The molecule has 1 fully saturated rings. The van der Waals surface area contributed by atoms with Crippen molar-refractivity contribution < 1.29 is 24.1 Å². The molecule has 110 valence electrons. The Balaban J connectivity index is 2.59. The minimum atomic E-state index is -1.42. The molecule has 0 bridgehead atoms. The number of aliphatic carboxylic acids is 1. The number of carboxylic acid groups (broad SMARTS) is 1. The van der Waals surface area contributed by atoms with Crippen molar-refractivity contribution in [2.75, 3.05) is 7.05 Å². The van der Waals surface area contributed by atoms with E-state index in [1.54, 1.807) is 20.8 Å². The van der Waals surface area contributed by atoms with Gasteiger partial charge in [-0.3, -0.25) is 4.79 Å². The van der Waals surface area contributed by atoms with Gasteiger partial charge in [0, 0.05) is 6.42 Å². The lowest BCUT2D eigenvalue weighted by Gasteiger charge is -2.26. The lowest BCUT2D eigenvalue weighted by molar-refractivity contribution is -0.720. The van der Waals surface area contributed by atoms with Gasteiger partial charge in [-0.2, -0.15) is 0 Å². The number of carbonyl (C=O) groups is 1. The molecule has 0 heterocycles.